The molecular weight excluding hydrogens is 668 g/mol. The lowest BCUT2D eigenvalue weighted by Gasteiger charge is -2.48. The molecule has 4 aromatic carbocycles. The number of rotatable bonds is 13. The average Bonchev–Trinajstić information content (AvgIpc) is 3.49. The fraction of sp³-hybridized carbons (Fsp3) is 0.419. The molecule has 0 radical (unpaired) electrons. The molecule has 3 heterocycles. The first kappa shape index (κ1) is 36.6. The highest BCUT2D eigenvalue weighted by Crippen LogP contribution is 2.41. The highest BCUT2D eigenvalue weighted by Gasteiger charge is 2.41. The fourth-order valence-corrected chi connectivity index (χ4v) is 8.65. The van der Waals surface area contributed by atoms with Crippen LogP contribution < -0.4 is 18.9 Å². The number of piperazine rings is 1. The van der Waals surface area contributed by atoms with Crippen LogP contribution in [0.2, 0.25) is 0 Å². The number of amides is 1. The normalized spacial score (nSPS) is 20.0. The second-order valence-corrected chi connectivity index (χ2v) is 14.4. The van der Waals surface area contributed by atoms with E-state index in [-0.39, 0.29) is 24.6 Å². The van der Waals surface area contributed by atoms with Crippen molar-refractivity contribution in [2.75, 3.05) is 60.7 Å². The van der Waals surface area contributed by atoms with Crippen LogP contribution in [0, 0.1) is 0 Å². The molecule has 1 N–H and O–H groups in total. The zero-order valence-corrected chi connectivity index (χ0v) is 31.5. The lowest BCUT2D eigenvalue weighted by atomic mass is 9.90. The third kappa shape index (κ3) is 7.40. The van der Waals surface area contributed by atoms with Crippen LogP contribution in [0.15, 0.2) is 84.9 Å². The van der Waals surface area contributed by atoms with Gasteiger partial charge in [0.15, 0.2) is 11.5 Å². The number of carbonyl (C=O) groups excluding carboxylic acids is 1. The van der Waals surface area contributed by atoms with Crippen molar-refractivity contribution in [3.8, 4) is 23.0 Å². The summed E-state index contributed by atoms with van der Waals surface area (Å²) in [7, 11) is 4.66. The largest absolute Gasteiger partial charge is 0.493 e. The minimum atomic E-state index is -0.837. The Labute approximate surface area is 312 Å². The van der Waals surface area contributed by atoms with E-state index in [9.17, 15) is 9.90 Å². The van der Waals surface area contributed by atoms with Gasteiger partial charge in [-0.1, -0.05) is 60.7 Å². The molecule has 7 rings (SSSR count). The zero-order chi connectivity index (χ0) is 37.1. The molecular formula is C43H52N4O6. The van der Waals surface area contributed by atoms with Crippen LogP contribution in [0.5, 0.6) is 23.0 Å². The summed E-state index contributed by atoms with van der Waals surface area (Å²) in [4.78, 5) is 21.5. The summed E-state index contributed by atoms with van der Waals surface area (Å²) in [6, 6.07) is 28.6. The van der Waals surface area contributed by atoms with Gasteiger partial charge in [0.25, 0.3) is 0 Å². The molecule has 4 atom stereocenters. The van der Waals surface area contributed by atoms with Crippen LogP contribution >= 0.6 is 0 Å². The van der Waals surface area contributed by atoms with E-state index in [1.165, 1.54) is 27.4 Å². The number of β-amino-alcohol motifs (C(OH)–C–C–N with tert-alkyl or cyclic N) is 1. The minimum Gasteiger partial charge on any atom is -0.493 e. The number of aliphatic hydroxyl groups excluding tert-OH is 1. The third-order valence-electron chi connectivity index (χ3n) is 10.9. The van der Waals surface area contributed by atoms with Crippen molar-refractivity contribution in [2.45, 2.75) is 57.5 Å². The van der Waals surface area contributed by atoms with E-state index < -0.39 is 12.1 Å². The first-order chi connectivity index (χ1) is 25.8. The summed E-state index contributed by atoms with van der Waals surface area (Å²) in [5.74, 6) is 2.01. The van der Waals surface area contributed by atoms with Crippen molar-refractivity contribution in [1.29, 1.82) is 0 Å². The second kappa shape index (κ2) is 16.1. The third-order valence-corrected chi connectivity index (χ3v) is 10.9. The van der Waals surface area contributed by atoms with Gasteiger partial charge in [0, 0.05) is 85.3 Å². The number of nitrogens with zero attached hydrogens (tertiary/aromatic N) is 4. The molecule has 10 heteroatoms. The number of hydrogen-bond donors (Lipinski definition) is 1. The van der Waals surface area contributed by atoms with E-state index in [0.717, 1.165) is 44.6 Å². The molecule has 53 heavy (non-hydrogen) atoms. The SMILES string of the molecule is COc1cc(OCC(O)CN2CCc3ccccc3C2C(=O)N2[C@H](C)CN(CCCn3c4ccccc4c4ccccc43)C[C@@H]2C)cc(OC)c1OC. The van der Waals surface area contributed by atoms with Gasteiger partial charge in [0.05, 0.1) is 21.3 Å². The maximum absolute atomic E-state index is 14.7. The predicted octanol–water partition coefficient (Wildman–Crippen LogP) is 6.17. The number of aryl methyl sites for hydroxylation is 1. The summed E-state index contributed by atoms with van der Waals surface area (Å²) in [6.07, 6.45) is 0.997. The standard InChI is InChI=1S/C43H52N4O6/c1-29-25-44(20-12-21-46-37-17-10-8-15-35(37)36-16-9-11-18-38(36)46)26-30(2)47(29)43(49)41-34-14-7-6-13-31(34)19-22-45(41)27-32(48)28-53-33-23-39(50-3)42(52-5)40(24-33)51-4/h6-11,13-18,23-24,29-30,32,41,48H,12,19-22,25-28H2,1-5H3/t29-,30+,32?,41?. The van der Waals surface area contributed by atoms with Crippen molar-refractivity contribution in [3.63, 3.8) is 0 Å². The Hall–Kier alpha value is -4.77. The second-order valence-electron chi connectivity index (χ2n) is 14.4. The number of ether oxygens (including phenoxy) is 4. The minimum absolute atomic E-state index is 0.0395. The van der Waals surface area contributed by atoms with Crippen LogP contribution in [0.3, 0.4) is 0 Å². The topological polar surface area (TPSA) is 88.9 Å². The number of fused-ring (bicyclic) bond motifs is 4. The highest BCUT2D eigenvalue weighted by atomic mass is 16.5. The van der Waals surface area contributed by atoms with Crippen LogP contribution in [-0.4, -0.2) is 109 Å². The van der Waals surface area contributed by atoms with Crippen molar-refractivity contribution >= 4 is 27.7 Å². The first-order valence-corrected chi connectivity index (χ1v) is 18.7. The van der Waals surface area contributed by atoms with Gasteiger partial charge in [-0.05, 0) is 49.9 Å². The Morgan fingerprint density at radius 3 is 2.04 bits per heavy atom. The molecule has 5 aromatic rings. The first-order valence-electron chi connectivity index (χ1n) is 18.7. The molecule has 1 aromatic heterocycles. The molecule has 1 fully saturated rings. The number of methoxy groups -OCH3 is 3. The van der Waals surface area contributed by atoms with Gasteiger partial charge in [-0.25, -0.2) is 0 Å². The maximum atomic E-state index is 14.7. The summed E-state index contributed by atoms with van der Waals surface area (Å²) in [5.41, 5.74) is 4.77. The van der Waals surface area contributed by atoms with Crippen molar-refractivity contribution in [1.82, 2.24) is 19.3 Å². The van der Waals surface area contributed by atoms with Gasteiger partial charge in [0.2, 0.25) is 11.7 Å². The number of aromatic nitrogens is 1. The summed E-state index contributed by atoms with van der Waals surface area (Å²) >= 11 is 0. The van der Waals surface area contributed by atoms with E-state index in [0.29, 0.717) is 36.1 Å². The molecule has 0 spiro atoms. The lowest BCUT2D eigenvalue weighted by Crippen LogP contribution is -2.61. The smallest absolute Gasteiger partial charge is 0.245 e. The van der Waals surface area contributed by atoms with Crippen LogP contribution in [-0.2, 0) is 17.8 Å². The van der Waals surface area contributed by atoms with Crippen LogP contribution in [0.4, 0.5) is 0 Å². The Balaban J connectivity index is 1.01. The Morgan fingerprint density at radius 1 is 0.811 bits per heavy atom. The molecule has 1 amide bonds. The molecule has 0 bridgehead atoms. The lowest BCUT2D eigenvalue weighted by molar-refractivity contribution is -0.146. The molecule has 1 saturated heterocycles. The van der Waals surface area contributed by atoms with E-state index in [2.05, 4.69) is 93.8 Å². The summed E-state index contributed by atoms with van der Waals surface area (Å²) in [5, 5.41) is 13.9. The number of aliphatic hydroxyl groups is 1. The Morgan fingerprint density at radius 2 is 1.42 bits per heavy atom. The quantitative estimate of drug-likeness (QED) is 0.155. The highest BCUT2D eigenvalue weighted by molar-refractivity contribution is 6.07. The fourth-order valence-electron chi connectivity index (χ4n) is 8.65. The van der Waals surface area contributed by atoms with Crippen molar-refractivity contribution < 1.29 is 28.8 Å². The van der Waals surface area contributed by atoms with Gasteiger partial charge >= 0.3 is 0 Å². The molecule has 10 nitrogen and oxygen atoms in total. The summed E-state index contributed by atoms with van der Waals surface area (Å²) in [6.45, 7) is 8.90. The van der Waals surface area contributed by atoms with Crippen molar-refractivity contribution in [2.24, 2.45) is 0 Å². The summed E-state index contributed by atoms with van der Waals surface area (Å²) < 4.78 is 24.8. The number of para-hydroxylation sites is 2. The molecule has 0 saturated carbocycles. The van der Waals surface area contributed by atoms with Crippen LogP contribution in [0.25, 0.3) is 21.8 Å². The Kier molecular flexibility index (Phi) is 11.1. The molecule has 2 aliphatic heterocycles. The molecule has 2 unspecified atom stereocenters. The van der Waals surface area contributed by atoms with Gasteiger partial charge in [-0.15, -0.1) is 0 Å². The van der Waals surface area contributed by atoms with E-state index in [1.807, 2.05) is 12.1 Å². The number of carbonyl (C=O) groups is 1. The number of benzene rings is 4. The van der Waals surface area contributed by atoms with Gasteiger partial charge < -0.3 is 33.5 Å². The maximum Gasteiger partial charge on any atom is 0.245 e. The van der Waals surface area contributed by atoms with Gasteiger partial charge in [-0.2, -0.15) is 0 Å². The van der Waals surface area contributed by atoms with E-state index >= 15 is 0 Å². The van der Waals surface area contributed by atoms with Crippen molar-refractivity contribution in [3.05, 3.63) is 96.1 Å². The molecule has 2 aliphatic rings. The van der Waals surface area contributed by atoms with Crippen LogP contribution in [0.1, 0.15) is 37.4 Å². The average molecular weight is 721 g/mol. The monoisotopic (exact) mass is 720 g/mol. The molecule has 280 valence electrons. The van der Waals surface area contributed by atoms with E-state index in [1.54, 1.807) is 33.5 Å². The van der Waals surface area contributed by atoms with E-state index in [4.69, 9.17) is 18.9 Å². The predicted molar refractivity (Wildman–Crippen MR) is 208 cm³/mol. The number of hydrogen-bond acceptors (Lipinski definition) is 8. The van der Waals surface area contributed by atoms with Gasteiger partial charge in [0.1, 0.15) is 24.5 Å². The Bertz CT molecular complexity index is 1960. The molecule has 0 aliphatic carbocycles. The zero-order valence-electron chi connectivity index (χ0n) is 31.5. The van der Waals surface area contributed by atoms with Gasteiger partial charge in [-0.3, -0.25) is 14.6 Å².